The molecule has 1 saturated heterocycles. The Kier molecular flexibility index (Phi) is 4.99. The van der Waals surface area contributed by atoms with Crippen molar-refractivity contribution in [2.45, 2.75) is 25.1 Å². The highest BCUT2D eigenvalue weighted by Crippen LogP contribution is 2.49. The van der Waals surface area contributed by atoms with E-state index in [0.29, 0.717) is 0 Å². The molecule has 1 aliphatic heterocycles. The first kappa shape index (κ1) is 18.5. The first-order valence-corrected chi connectivity index (χ1v) is 10.0. The van der Waals surface area contributed by atoms with Gasteiger partial charge in [0.05, 0.1) is 5.56 Å². The Bertz CT molecular complexity index is 781. The van der Waals surface area contributed by atoms with Gasteiger partial charge in [0, 0.05) is 43.5 Å². The molecule has 0 N–H and O–H groups in total. The van der Waals surface area contributed by atoms with Crippen molar-refractivity contribution in [3.63, 3.8) is 0 Å². The number of benzene rings is 1. The molecule has 2 atom stereocenters. The Morgan fingerprint density at radius 3 is 2.37 bits per heavy atom. The first-order chi connectivity index (χ1) is 12.9. The predicted octanol–water partition coefficient (Wildman–Crippen LogP) is 4.21. The van der Waals surface area contributed by atoms with Crippen LogP contribution in [0.2, 0.25) is 0 Å². The molecule has 2 aliphatic rings. The largest absolute Gasteiger partial charge is 0.416 e. The highest BCUT2D eigenvalue weighted by Gasteiger charge is 2.46. The number of hydrogen-bond acceptors (Lipinski definition) is 3. The lowest BCUT2D eigenvalue weighted by Gasteiger charge is -2.34. The van der Waals surface area contributed by atoms with Crippen molar-refractivity contribution in [2.75, 3.05) is 26.2 Å². The Balaban J connectivity index is 1.29. The zero-order chi connectivity index (χ0) is 19.0. The van der Waals surface area contributed by atoms with E-state index in [4.69, 9.17) is 0 Å². The molecule has 1 amide bonds. The van der Waals surface area contributed by atoms with E-state index in [0.717, 1.165) is 56.8 Å². The third-order valence-electron chi connectivity index (χ3n) is 5.42. The first-order valence-electron chi connectivity index (χ1n) is 9.12. The van der Waals surface area contributed by atoms with E-state index in [1.54, 1.807) is 11.3 Å². The average Bonchev–Trinajstić information content (AvgIpc) is 3.30. The van der Waals surface area contributed by atoms with Gasteiger partial charge < -0.3 is 4.90 Å². The van der Waals surface area contributed by atoms with Gasteiger partial charge in [-0.1, -0.05) is 18.2 Å². The van der Waals surface area contributed by atoms with Crippen molar-refractivity contribution >= 4 is 17.2 Å². The van der Waals surface area contributed by atoms with Crippen LogP contribution in [0.1, 0.15) is 28.3 Å². The van der Waals surface area contributed by atoms with Crippen molar-refractivity contribution in [2.24, 2.45) is 5.92 Å². The zero-order valence-electron chi connectivity index (χ0n) is 14.8. The molecule has 2 unspecified atom stereocenters. The number of rotatable bonds is 4. The Labute approximate surface area is 160 Å². The molecular weight excluding hydrogens is 373 g/mol. The molecule has 2 heterocycles. The third kappa shape index (κ3) is 4.19. The van der Waals surface area contributed by atoms with Gasteiger partial charge in [-0.25, -0.2) is 0 Å². The van der Waals surface area contributed by atoms with Gasteiger partial charge >= 0.3 is 6.18 Å². The molecule has 3 nitrogen and oxygen atoms in total. The predicted molar refractivity (Wildman–Crippen MR) is 98.5 cm³/mol. The van der Waals surface area contributed by atoms with Gasteiger partial charge in [-0.3, -0.25) is 9.69 Å². The topological polar surface area (TPSA) is 23.6 Å². The second-order valence-electron chi connectivity index (χ2n) is 7.25. The van der Waals surface area contributed by atoms with Crippen molar-refractivity contribution < 1.29 is 18.0 Å². The summed E-state index contributed by atoms with van der Waals surface area (Å²) in [4.78, 5) is 18.3. The quantitative estimate of drug-likeness (QED) is 0.775. The van der Waals surface area contributed by atoms with Crippen LogP contribution in [-0.2, 0) is 17.5 Å². The molecule has 0 spiro atoms. The van der Waals surface area contributed by atoms with Gasteiger partial charge in [-0.2, -0.15) is 13.2 Å². The monoisotopic (exact) mass is 394 g/mol. The summed E-state index contributed by atoms with van der Waals surface area (Å²) < 4.78 is 38.0. The van der Waals surface area contributed by atoms with Crippen LogP contribution in [0.5, 0.6) is 0 Å². The smallest absolute Gasteiger partial charge is 0.340 e. The van der Waals surface area contributed by atoms with Crippen LogP contribution in [0.25, 0.3) is 0 Å². The van der Waals surface area contributed by atoms with E-state index < -0.39 is 11.7 Å². The summed E-state index contributed by atoms with van der Waals surface area (Å²) in [6.45, 7) is 4.10. The molecule has 27 heavy (non-hydrogen) atoms. The molecule has 0 bridgehead atoms. The summed E-state index contributed by atoms with van der Waals surface area (Å²) in [5.74, 6) is 0.130. The number of hydrogen-bond donors (Lipinski definition) is 0. The molecule has 4 rings (SSSR count). The van der Waals surface area contributed by atoms with Crippen LogP contribution in [0.4, 0.5) is 13.2 Å². The number of alkyl halides is 3. The molecule has 1 aliphatic carbocycles. The van der Waals surface area contributed by atoms with Gasteiger partial charge in [-0.15, -0.1) is 11.3 Å². The number of halogens is 3. The molecule has 144 valence electrons. The second-order valence-corrected chi connectivity index (χ2v) is 8.28. The molecule has 0 radical (unpaired) electrons. The van der Waals surface area contributed by atoms with Crippen molar-refractivity contribution in [3.05, 3.63) is 57.8 Å². The maximum absolute atomic E-state index is 12.7. The SMILES string of the molecule is O=C(C1CC1c1ccc(C(F)(F)F)cc1)N1CCN(Cc2cccs2)CC1. The van der Waals surface area contributed by atoms with E-state index in [1.807, 2.05) is 11.0 Å². The van der Waals surface area contributed by atoms with Gasteiger partial charge in [0.25, 0.3) is 0 Å². The summed E-state index contributed by atoms with van der Waals surface area (Å²) in [7, 11) is 0. The number of nitrogens with zero attached hydrogens (tertiary/aromatic N) is 2. The van der Waals surface area contributed by atoms with E-state index in [2.05, 4.69) is 16.3 Å². The van der Waals surface area contributed by atoms with Crippen molar-refractivity contribution in [3.8, 4) is 0 Å². The summed E-state index contributed by atoms with van der Waals surface area (Å²) in [5, 5.41) is 2.07. The molecule has 1 saturated carbocycles. The number of carbonyl (C=O) groups excluding carboxylic acids is 1. The fraction of sp³-hybridized carbons (Fsp3) is 0.450. The summed E-state index contributed by atoms with van der Waals surface area (Å²) in [6.07, 6.45) is -3.58. The van der Waals surface area contributed by atoms with Gasteiger partial charge in [0.1, 0.15) is 0 Å². The lowest BCUT2D eigenvalue weighted by atomic mass is 10.1. The number of carbonyl (C=O) groups is 1. The van der Waals surface area contributed by atoms with E-state index >= 15 is 0 Å². The van der Waals surface area contributed by atoms with Gasteiger partial charge in [-0.05, 0) is 41.5 Å². The molecular formula is C20H21F3N2OS. The molecule has 2 aromatic rings. The normalized spacial score (nSPS) is 23.4. The Morgan fingerprint density at radius 1 is 1.07 bits per heavy atom. The van der Waals surface area contributed by atoms with Crippen LogP contribution in [0.3, 0.4) is 0 Å². The summed E-state index contributed by atoms with van der Waals surface area (Å²) >= 11 is 1.75. The molecule has 1 aromatic heterocycles. The molecule has 2 fully saturated rings. The van der Waals surface area contributed by atoms with Crippen LogP contribution in [-0.4, -0.2) is 41.9 Å². The lowest BCUT2D eigenvalue weighted by Crippen LogP contribution is -2.48. The molecule has 1 aromatic carbocycles. The summed E-state index contributed by atoms with van der Waals surface area (Å²) in [5.41, 5.74) is 0.189. The van der Waals surface area contributed by atoms with Crippen molar-refractivity contribution in [1.82, 2.24) is 9.80 Å². The minimum Gasteiger partial charge on any atom is -0.340 e. The van der Waals surface area contributed by atoms with E-state index in [9.17, 15) is 18.0 Å². The van der Waals surface area contributed by atoms with Gasteiger partial charge in [0.15, 0.2) is 0 Å². The highest BCUT2D eigenvalue weighted by molar-refractivity contribution is 7.09. The zero-order valence-corrected chi connectivity index (χ0v) is 15.6. The maximum Gasteiger partial charge on any atom is 0.416 e. The lowest BCUT2D eigenvalue weighted by molar-refractivity contribution is -0.137. The number of thiophene rings is 1. The molecule has 7 heteroatoms. The van der Waals surface area contributed by atoms with E-state index in [-0.39, 0.29) is 17.7 Å². The van der Waals surface area contributed by atoms with E-state index in [1.165, 1.54) is 17.0 Å². The number of amides is 1. The van der Waals surface area contributed by atoms with Crippen LogP contribution >= 0.6 is 11.3 Å². The second kappa shape index (κ2) is 7.28. The van der Waals surface area contributed by atoms with Gasteiger partial charge in [0.2, 0.25) is 5.91 Å². The van der Waals surface area contributed by atoms with Crippen LogP contribution in [0, 0.1) is 5.92 Å². The fourth-order valence-corrected chi connectivity index (χ4v) is 4.49. The minimum absolute atomic E-state index is 0.0592. The maximum atomic E-state index is 12.7. The third-order valence-corrected chi connectivity index (χ3v) is 6.28. The Morgan fingerprint density at radius 2 is 1.78 bits per heavy atom. The Hall–Kier alpha value is -1.86. The highest BCUT2D eigenvalue weighted by atomic mass is 32.1. The number of piperazine rings is 1. The van der Waals surface area contributed by atoms with Crippen LogP contribution in [0.15, 0.2) is 41.8 Å². The fourth-order valence-electron chi connectivity index (χ4n) is 3.74. The standard InChI is InChI=1S/C20H21F3N2OS/c21-20(22,23)15-5-3-14(4-6-15)17-12-18(17)19(26)25-9-7-24(8-10-25)13-16-2-1-11-27-16/h1-6,11,17-18H,7-10,12-13H2. The summed E-state index contributed by atoms with van der Waals surface area (Å²) in [6, 6.07) is 9.42. The average molecular weight is 394 g/mol. The van der Waals surface area contributed by atoms with Crippen molar-refractivity contribution in [1.29, 1.82) is 0 Å². The van der Waals surface area contributed by atoms with Crippen LogP contribution < -0.4 is 0 Å². The minimum atomic E-state index is -4.32.